The second-order valence-corrected chi connectivity index (χ2v) is 4.51. The van der Waals surface area contributed by atoms with Crippen molar-refractivity contribution >= 4 is 5.91 Å². The molecular formula is C13H24N4O2. The first-order valence-electron chi connectivity index (χ1n) is 6.66. The van der Waals surface area contributed by atoms with Gasteiger partial charge in [0.2, 0.25) is 0 Å². The molecule has 0 aliphatic rings. The van der Waals surface area contributed by atoms with Gasteiger partial charge in [0, 0.05) is 20.1 Å². The molecule has 19 heavy (non-hydrogen) atoms. The molecule has 0 atom stereocenters. The normalized spacial score (nSPS) is 10.5. The van der Waals surface area contributed by atoms with Gasteiger partial charge < -0.3 is 15.4 Å². The van der Waals surface area contributed by atoms with Crippen molar-refractivity contribution in [1.82, 2.24) is 20.4 Å². The van der Waals surface area contributed by atoms with E-state index in [-0.39, 0.29) is 12.5 Å². The van der Waals surface area contributed by atoms with Crippen LogP contribution in [0.5, 0.6) is 5.75 Å². The summed E-state index contributed by atoms with van der Waals surface area (Å²) in [5.41, 5.74) is 1.73. The van der Waals surface area contributed by atoms with Crippen molar-refractivity contribution in [3.63, 3.8) is 0 Å². The van der Waals surface area contributed by atoms with E-state index in [0.29, 0.717) is 12.3 Å². The van der Waals surface area contributed by atoms with Gasteiger partial charge in [-0.15, -0.1) is 0 Å². The summed E-state index contributed by atoms with van der Waals surface area (Å²) in [6, 6.07) is 0. The molecule has 6 heteroatoms. The van der Waals surface area contributed by atoms with Gasteiger partial charge in [0.15, 0.2) is 12.4 Å². The molecule has 0 spiro atoms. The lowest BCUT2D eigenvalue weighted by molar-refractivity contribution is -0.123. The zero-order chi connectivity index (χ0) is 14.3. The van der Waals surface area contributed by atoms with Crippen LogP contribution in [0.2, 0.25) is 0 Å². The van der Waals surface area contributed by atoms with Crippen LogP contribution >= 0.6 is 0 Å². The van der Waals surface area contributed by atoms with E-state index in [2.05, 4.69) is 22.7 Å². The average molecular weight is 268 g/mol. The van der Waals surface area contributed by atoms with Crippen molar-refractivity contribution in [2.75, 3.05) is 26.2 Å². The molecule has 0 aromatic carbocycles. The zero-order valence-electron chi connectivity index (χ0n) is 12.2. The van der Waals surface area contributed by atoms with Crippen LogP contribution in [0.15, 0.2) is 0 Å². The highest BCUT2D eigenvalue weighted by Crippen LogP contribution is 2.20. The minimum atomic E-state index is -0.110. The monoisotopic (exact) mass is 268 g/mol. The van der Waals surface area contributed by atoms with Gasteiger partial charge in [0.25, 0.3) is 5.91 Å². The van der Waals surface area contributed by atoms with E-state index in [9.17, 15) is 4.79 Å². The SMILES string of the molecule is CCCNCCNC(=O)COc1c(C)nn(C)c1C. The molecule has 1 aromatic rings. The van der Waals surface area contributed by atoms with Crippen LogP contribution in [0, 0.1) is 13.8 Å². The predicted octanol–water partition coefficient (Wildman–Crippen LogP) is 0.532. The highest BCUT2D eigenvalue weighted by atomic mass is 16.5. The third-order valence-electron chi connectivity index (χ3n) is 2.84. The highest BCUT2D eigenvalue weighted by Gasteiger charge is 2.12. The fraction of sp³-hybridized carbons (Fsp3) is 0.692. The molecule has 2 N–H and O–H groups in total. The van der Waals surface area contributed by atoms with Crippen molar-refractivity contribution in [1.29, 1.82) is 0 Å². The number of ether oxygens (including phenoxy) is 1. The summed E-state index contributed by atoms with van der Waals surface area (Å²) in [5, 5.41) is 10.3. The molecule has 0 saturated heterocycles. The van der Waals surface area contributed by atoms with Crippen LogP contribution in [0.25, 0.3) is 0 Å². The Bertz CT molecular complexity index is 415. The largest absolute Gasteiger partial charge is 0.480 e. The van der Waals surface area contributed by atoms with Crippen molar-refractivity contribution in [2.24, 2.45) is 7.05 Å². The maximum atomic E-state index is 11.6. The Labute approximate surface area is 114 Å². The second-order valence-electron chi connectivity index (χ2n) is 4.51. The Morgan fingerprint density at radius 3 is 2.63 bits per heavy atom. The average Bonchev–Trinajstić information content (AvgIpc) is 2.61. The number of amides is 1. The number of hydrogen-bond donors (Lipinski definition) is 2. The molecule has 1 amide bonds. The van der Waals surface area contributed by atoms with E-state index < -0.39 is 0 Å². The summed E-state index contributed by atoms with van der Waals surface area (Å²) in [5.74, 6) is 0.586. The third-order valence-corrected chi connectivity index (χ3v) is 2.84. The molecule has 1 aromatic heterocycles. The fourth-order valence-electron chi connectivity index (χ4n) is 1.74. The zero-order valence-corrected chi connectivity index (χ0v) is 12.2. The van der Waals surface area contributed by atoms with E-state index in [1.54, 1.807) is 4.68 Å². The van der Waals surface area contributed by atoms with Gasteiger partial charge in [-0.05, 0) is 26.8 Å². The fourth-order valence-corrected chi connectivity index (χ4v) is 1.74. The predicted molar refractivity (Wildman–Crippen MR) is 74.3 cm³/mol. The van der Waals surface area contributed by atoms with E-state index in [0.717, 1.165) is 30.9 Å². The lowest BCUT2D eigenvalue weighted by atomic mass is 10.3. The van der Waals surface area contributed by atoms with E-state index >= 15 is 0 Å². The highest BCUT2D eigenvalue weighted by molar-refractivity contribution is 5.77. The van der Waals surface area contributed by atoms with E-state index in [4.69, 9.17) is 4.74 Å². The summed E-state index contributed by atoms with van der Waals surface area (Å²) in [4.78, 5) is 11.6. The Kier molecular flexibility index (Phi) is 6.35. The summed E-state index contributed by atoms with van der Waals surface area (Å²) in [6.45, 7) is 8.30. The number of hydrogen-bond acceptors (Lipinski definition) is 4. The lowest BCUT2D eigenvalue weighted by Crippen LogP contribution is -2.35. The van der Waals surface area contributed by atoms with Crippen molar-refractivity contribution in [2.45, 2.75) is 27.2 Å². The Balaban J connectivity index is 2.26. The molecule has 0 radical (unpaired) electrons. The first kappa shape index (κ1) is 15.5. The molecule has 0 bridgehead atoms. The minimum Gasteiger partial charge on any atom is -0.480 e. The van der Waals surface area contributed by atoms with Gasteiger partial charge in [0.05, 0.1) is 5.69 Å². The summed E-state index contributed by atoms with van der Waals surface area (Å²) in [7, 11) is 1.86. The van der Waals surface area contributed by atoms with Gasteiger partial charge >= 0.3 is 0 Å². The molecule has 0 aliphatic heterocycles. The maximum absolute atomic E-state index is 11.6. The van der Waals surface area contributed by atoms with Crippen LogP contribution in [0.3, 0.4) is 0 Å². The first-order valence-corrected chi connectivity index (χ1v) is 6.66. The molecule has 0 saturated carbocycles. The number of rotatable bonds is 8. The van der Waals surface area contributed by atoms with Crippen LogP contribution in [-0.2, 0) is 11.8 Å². The van der Waals surface area contributed by atoms with Crippen molar-refractivity contribution in [3.05, 3.63) is 11.4 Å². The number of nitrogens with zero attached hydrogens (tertiary/aromatic N) is 2. The Morgan fingerprint density at radius 2 is 2.05 bits per heavy atom. The first-order chi connectivity index (χ1) is 9.06. The molecule has 1 rings (SSSR count). The topological polar surface area (TPSA) is 68.2 Å². The third kappa shape index (κ3) is 4.90. The maximum Gasteiger partial charge on any atom is 0.257 e. The van der Waals surface area contributed by atoms with Gasteiger partial charge in [-0.25, -0.2) is 0 Å². The molecule has 6 nitrogen and oxygen atoms in total. The van der Waals surface area contributed by atoms with E-state index in [1.807, 2.05) is 20.9 Å². The number of carbonyl (C=O) groups excluding carboxylic acids is 1. The van der Waals surface area contributed by atoms with Crippen LogP contribution in [0.1, 0.15) is 24.7 Å². The molecule has 0 unspecified atom stereocenters. The lowest BCUT2D eigenvalue weighted by Gasteiger charge is -2.08. The molecule has 0 fully saturated rings. The van der Waals surface area contributed by atoms with Crippen LogP contribution < -0.4 is 15.4 Å². The Hall–Kier alpha value is -1.56. The molecule has 1 heterocycles. The summed E-state index contributed by atoms with van der Waals surface area (Å²) in [6.07, 6.45) is 1.09. The number of aryl methyl sites for hydroxylation is 2. The quantitative estimate of drug-likeness (QED) is 0.675. The molecule has 108 valence electrons. The van der Waals surface area contributed by atoms with Crippen molar-refractivity contribution in [3.8, 4) is 5.75 Å². The van der Waals surface area contributed by atoms with Gasteiger partial charge in [-0.3, -0.25) is 9.48 Å². The smallest absolute Gasteiger partial charge is 0.257 e. The van der Waals surface area contributed by atoms with Gasteiger partial charge in [-0.2, -0.15) is 5.10 Å². The number of aromatic nitrogens is 2. The summed E-state index contributed by atoms with van der Waals surface area (Å²) < 4.78 is 7.26. The number of carbonyl (C=O) groups is 1. The second kappa shape index (κ2) is 7.78. The standard InChI is InChI=1S/C13H24N4O2/c1-5-6-14-7-8-15-12(18)9-19-13-10(2)16-17(4)11(13)3/h14H,5-9H2,1-4H3,(H,15,18). The van der Waals surface area contributed by atoms with Crippen LogP contribution in [-0.4, -0.2) is 41.9 Å². The van der Waals surface area contributed by atoms with Crippen molar-refractivity contribution < 1.29 is 9.53 Å². The van der Waals surface area contributed by atoms with Gasteiger partial charge in [0.1, 0.15) is 5.69 Å². The summed E-state index contributed by atoms with van der Waals surface area (Å²) >= 11 is 0. The van der Waals surface area contributed by atoms with Gasteiger partial charge in [-0.1, -0.05) is 6.92 Å². The minimum absolute atomic E-state index is 0.0289. The van der Waals surface area contributed by atoms with Crippen LogP contribution in [0.4, 0.5) is 0 Å². The number of nitrogens with one attached hydrogen (secondary N) is 2. The molecule has 0 aliphatic carbocycles. The Morgan fingerprint density at radius 1 is 1.32 bits per heavy atom. The molecular weight excluding hydrogens is 244 g/mol. The van der Waals surface area contributed by atoms with E-state index in [1.165, 1.54) is 0 Å².